The summed E-state index contributed by atoms with van der Waals surface area (Å²) in [6.07, 6.45) is 0. The Kier molecular flexibility index (Phi) is 8.91. The van der Waals surface area contributed by atoms with Crippen LogP contribution in [0, 0.1) is 0 Å². The Balaban J connectivity index is -0.000000245. The van der Waals surface area contributed by atoms with E-state index in [0.717, 1.165) is 0 Å². The molecule has 0 aromatic rings. The second-order valence-corrected chi connectivity index (χ2v) is 1.45. The van der Waals surface area contributed by atoms with E-state index in [4.69, 9.17) is 0 Å². The maximum Gasteiger partial charge on any atom is 1.00 e. The number of imide groups is 1. The minimum absolute atomic E-state index is 0. The monoisotopic (exact) mass is 253 g/mol. The predicted octanol–water partition coefficient (Wildman–Crippen LogP) is -3.17. The van der Waals surface area contributed by atoms with Crippen molar-refractivity contribution in [3.05, 3.63) is 0 Å². The van der Waals surface area contributed by atoms with Crippen molar-refractivity contribution >= 4 is 34.9 Å². The molecule has 5 nitrogen and oxygen atoms in total. The molecule has 0 saturated heterocycles. The molecule has 0 spiro atoms. The van der Waals surface area contributed by atoms with Gasteiger partial charge in [0, 0.05) is 0 Å². The van der Waals surface area contributed by atoms with Gasteiger partial charge in [-0.1, -0.05) is 0 Å². The third kappa shape index (κ3) is 8.47. The molecule has 0 atom stereocenters. The summed E-state index contributed by atoms with van der Waals surface area (Å²) >= 11 is 1.58. The number of urea groups is 2. The molecule has 0 radical (unpaired) electrons. The van der Waals surface area contributed by atoms with Crippen molar-refractivity contribution < 1.29 is 40.6 Å². The maximum absolute atomic E-state index is 10.1. The van der Waals surface area contributed by atoms with Gasteiger partial charge in [-0.25, -0.2) is 9.59 Å². The van der Waals surface area contributed by atoms with E-state index in [0.29, 0.717) is 0 Å². The van der Waals surface area contributed by atoms with Gasteiger partial charge in [-0.15, -0.1) is 0 Å². The average molecular weight is 253 g/mol. The second kappa shape index (κ2) is 6.59. The summed E-state index contributed by atoms with van der Waals surface area (Å²) in [7, 11) is 0. The molecule has 0 aromatic heterocycles. The Hall–Kier alpha value is 0.470. The van der Waals surface area contributed by atoms with Crippen LogP contribution in [0.4, 0.5) is 9.59 Å². The molecule has 0 heterocycles. The Morgan fingerprint density at radius 3 is 2.11 bits per heavy atom. The molecule has 9 heavy (non-hydrogen) atoms. The van der Waals surface area contributed by atoms with E-state index in [2.05, 4.69) is 9.26 Å². The summed E-state index contributed by atoms with van der Waals surface area (Å²) < 4.78 is 2.12. The van der Waals surface area contributed by atoms with Crippen molar-refractivity contribution in [2.24, 2.45) is 5.73 Å². The summed E-state index contributed by atoms with van der Waals surface area (Å²) in [4.78, 5) is 19.9. The van der Waals surface area contributed by atoms with Crippen LogP contribution in [0.5, 0.6) is 0 Å². The Bertz CT molecular complexity index is 123. The van der Waals surface area contributed by atoms with Crippen LogP contribution in [-0.2, 0) is 0 Å². The number of carbonyl (C=O) groups is 2. The van der Waals surface area contributed by atoms with Crippen molar-refractivity contribution in [1.82, 2.24) is 8.85 Å². The average Bonchev–Trinajstić information content (AvgIpc) is 1.65. The summed E-state index contributed by atoms with van der Waals surface area (Å²) in [5.41, 5.74) is 4.55. The number of halogens is 1. The van der Waals surface area contributed by atoms with Gasteiger partial charge in [0.1, 0.15) is 0 Å². The van der Waals surface area contributed by atoms with Gasteiger partial charge >= 0.3 is 41.6 Å². The van der Waals surface area contributed by atoms with Crippen LogP contribution >= 0.6 is 22.9 Å². The van der Waals surface area contributed by atoms with Crippen LogP contribution in [0.15, 0.2) is 0 Å². The van der Waals surface area contributed by atoms with Crippen molar-refractivity contribution in [3.63, 3.8) is 0 Å². The molecule has 4 N–H and O–H groups in total. The zero-order valence-electron chi connectivity index (χ0n) is 5.77. The van der Waals surface area contributed by atoms with E-state index < -0.39 is 12.1 Å². The molecule has 0 aliphatic heterocycles. The summed E-state index contributed by atoms with van der Waals surface area (Å²) in [6.45, 7) is 0. The van der Waals surface area contributed by atoms with E-state index in [1.165, 1.54) is 0 Å². The molecular formula is C2H5IN3NaO2. The number of amides is 4. The van der Waals surface area contributed by atoms with E-state index >= 15 is 0 Å². The maximum atomic E-state index is 10.1. The molecule has 4 amide bonds. The van der Waals surface area contributed by atoms with Crippen LogP contribution in [-0.4, -0.2) is 12.1 Å². The van der Waals surface area contributed by atoms with Crippen LogP contribution in [0.3, 0.4) is 0 Å². The third-order valence-electron chi connectivity index (χ3n) is 0.323. The van der Waals surface area contributed by atoms with Crippen molar-refractivity contribution in [2.45, 2.75) is 0 Å². The van der Waals surface area contributed by atoms with Crippen LogP contribution in [0.1, 0.15) is 1.43 Å². The molecule has 0 aliphatic rings. The van der Waals surface area contributed by atoms with Gasteiger partial charge in [-0.2, -0.15) is 0 Å². The van der Waals surface area contributed by atoms with E-state index in [-0.39, 0.29) is 31.0 Å². The van der Waals surface area contributed by atoms with Crippen molar-refractivity contribution in [2.75, 3.05) is 0 Å². The Morgan fingerprint density at radius 2 is 2.00 bits per heavy atom. The van der Waals surface area contributed by atoms with E-state index in [1.54, 1.807) is 28.2 Å². The standard InChI is InChI=1S/C2H4IN3O2.Na.H/c3-6-2(8)5-1(4)7;;/h(H4,4,5,6,7,8);;/q;+1;-1. The molecule has 0 bridgehead atoms. The second-order valence-electron chi connectivity index (χ2n) is 0.913. The predicted molar refractivity (Wildman–Crippen MR) is 36.4 cm³/mol. The van der Waals surface area contributed by atoms with E-state index in [9.17, 15) is 9.59 Å². The fraction of sp³-hybridized carbons (Fsp3) is 0. The SMILES string of the molecule is NC(=O)NC(=O)NI.[H-].[Na+]. The topological polar surface area (TPSA) is 84.2 Å². The molecule has 0 saturated carbocycles. The first-order valence-corrected chi connectivity index (χ1v) is 2.71. The normalized spacial score (nSPS) is 6.78. The van der Waals surface area contributed by atoms with Crippen LogP contribution in [0.2, 0.25) is 0 Å². The Morgan fingerprint density at radius 1 is 1.56 bits per heavy atom. The van der Waals surface area contributed by atoms with E-state index in [1.807, 2.05) is 0 Å². The van der Waals surface area contributed by atoms with Gasteiger partial charge < -0.3 is 7.16 Å². The zero-order valence-corrected chi connectivity index (χ0v) is 8.93. The number of hydrogen-bond donors (Lipinski definition) is 3. The molecule has 48 valence electrons. The first kappa shape index (κ1) is 12.2. The number of nitrogens with two attached hydrogens (primary N) is 1. The number of carbonyl (C=O) groups excluding carboxylic acids is 2. The molecule has 0 fully saturated rings. The largest absolute Gasteiger partial charge is 1.00 e. The quantitative estimate of drug-likeness (QED) is 0.242. The summed E-state index contributed by atoms with van der Waals surface area (Å²) in [5.74, 6) is 0. The van der Waals surface area contributed by atoms with Crippen LogP contribution < -0.4 is 44.1 Å². The number of primary amides is 1. The first-order chi connectivity index (χ1) is 3.66. The van der Waals surface area contributed by atoms with Gasteiger partial charge in [0.25, 0.3) is 0 Å². The van der Waals surface area contributed by atoms with Crippen molar-refractivity contribution in [1.29, 1.82) is 0 Å². The summed E-state index contributed by atoms with van der Waals surface area (Å²) in [5, 5.41) is 1.77. The van der Waals surface area contributed by atoms with Gasteiger partial charge in [-0.3, -0.25) is 8.85 Å². The molecule has 7 heteroatoms. The van der Waals surface area contributed by atoms with Gasteiger partial charge in [0.2, 0.25) is 0 Å². The van der Waals surface area contributed by atoms with Gasteiger partial charge in [0.05, 0.1) is 22.9 Å². The molecule has 0 rings (SSSR count). The molecular weight excluding hydrogens is 248 g/mol. The summed E-state index contributed by atoms with van der Waals surface area (Å²) in [6, 6.07) is -1.47. The fourth-order valence-electron chi connectivity index (χ4n) is 0.136. The number of hydrogen-bond acceptors (Lipinski definition) is 2. The van der Waals surface area contributed by atoms with Gasteiger partial charge in [-0.05, 0) is 0 Å². The first-order valence-electron chi connectivity index (χ1n) is 1.64. The minimum atomic E-state index is -0.862. The number of rotatable bonds is 0. The van der Waals surface area contributed by atoms with Crippen molar-refractivity contribution in [3.8, 4) is 0 Å². The third-order valence-corrected chi connectivity index (χ3v) is 0.812. The minimum Gasteiger partial charge on any atom is -1.00 e. The van der Waals surface area contributed by atoms with Crippen LogP contribution in [0.25, 0.3) is 0 Å². The smallest absolute Gasteiger partial charge is 1.00 e. The molecule has 0 aliphatic carbocycles. The number of nitrogens with one attached hydrogen (secondary N) is 2. The van der Waals surface area contributed by atoms with Gasteiger partial charge in [0.15, 0.2) is 0 Å². The molecule has 0 unspecified atom stereocenters. The zero-order chi connectivity index (χ0) is 6.57. The fourth-order valence-corrected chi connectivity index (χ4v) is 0.270. The Labute approximate surface area is 89.4 Å². The molecule has 0 aromatic carbocycles.